The Morgan fingerprint density at radius 1 is 0.811 bits per heavy atom. The van der Waals surface area contributed by atoms with Gasteiger partial charge in [-0.1, -0.05) is 60.7 Å². The van der Waals surface area contributed by atoms with Gasteiger partial charge in [0.1, 0.15) is 11.4 Å². The number of fused-ring (bicyclic) bond motifs is 1. The summed E-state index contributed by atoms with van der Waals surface area (Å²) in [5.74, 6) is 1.39. The van der Waals surface area contributed by atoms with Crippen LogP contribution in [0.15, 0.2) is 96.2 Å². The van der Waals surface area contributed by atoms with Gasteiger partial charge >= 0.3 is 0 Å². The summed E-state index contributed by atoms with van der Waals surface area (Å²) >= 11 is 0. The molecule has 37 heavy (non-hydrogen) atoms. The maximum Gasteiger partial charge on any atom is 0.207 e. The first-order valence-electron chi connectivity index (χ1n) is 13.1. The minimum Gasteiger partial charge on any atom is -0.372 e. The highest BCUT2D eigenvalue weighted by Crippen LogP contribution is 2.39. The molecule has 1 unspecified atom stereocenters. The summed E-state index contributed by atoms with van der Waals surface area (Å²) in [5, 5.41) is 3.57. The smallest absolute Gasteiger partial charge is 0.207 e. The van der Waals surface area contributed by atoms with Crippen molar-refractivity contribution in [2.24, 2.45) is 10.7 Å². The zero-order valence-corrected chi connectivity index (χ0v) is 21.0. The number of imidazole rings is 1. The SMILES string of the molecule is NC1(Cc2ccccc2)c2nc[nH]c2N=C(NCc2ccccc2)N1c1ccc(N2CCCCC2)cc1. The number of H-pyrrole nitrogens is 1. The largest absolute Gasteiger partial charge is 0.372 e. The van der Waals surface area contributed by atoms with Gasteiger partial charge in [-0.3, -0.25) is 4.90 Å². The molecule has 3 heterocycles. The molecule has 7 heteroatoms. The molecule has 0 radical (unpaired) electrons. The summed E-state index contributed by atoms with van der Waals surface area (Å²) in [6, 6.07) is 29.4. The lowest BCUT2D eigenvalue weighted by Gasteiger charge is -2.44. The minimum absolute atomic E-state index is 0.575. The van der Waals surface area contributed by atoms with Crippen molar-refractivity contribution in [3.63, 3.8) is 0 Å². The zero-order chi connectivity index (χ0) is 25.1. The molecule has 3 aromatic carbocycles. The average Bonchev–Trinajstić information content (AvgIpc) is 3.44. The molecule has 2 aliphatic rings. The van der Waals surface area contributed by atoms with Gasteiger partial charge < -0.3 is 20.9 Å². The van der Waals surface area contributed by atoms with Crippen LogP contribution < -0.4 is 20.9 Å². The van der Waals surface area contributed by atoms with Gasteiger partial charge in [0, 0.05) is 37.4 Å². The Balaban J connectivity index is 1.40. The van der Waals surface area contributed by atoms with Crippen LogP contribution in [0.3, 0.4) is 0 Å². The summed E-state index contributed by atoms with van der Waals surface area (Å²) in [5.41, 5.74) is 11.7. The number of aliphatic imine (C=N–C) groups is 1. The summed E-state index contributed by atoms with van der Waals surface area (Å²) in [6.45, 7) is 2.85. The van der Waals surface area contributed by atoms with Crippen LogP contribution in [0.5, 0.6) is 0 Å². The van der Waals surface area contributed by atoms with Crippen molar-refractivity contribution < 1.29 is 0 Å². The van der Waals surface area contributed by atoms with Gasteiger partial charge in [0.15, 0.2) is 5.82 Å². The van der Waals surface area contributed by atoms with E-state index in [1.165, 1.54) is 30.5 Å². The number of anilines is 2. The van der Waals surface area contributed by atoms with Gasteiger partial charge in [-0.15, -0.1) is 0 Å². The van der Waals surface area contributed by atoms with Gasteiger partial charge in [0.25, 0.3) is 0 Å². The van der Waals surface area contributed by atoms with Gasteiger partial charge in [-0.25, -0.2) is 4.98 Å². The number of nitrogens with two attached hydrogens (primary N) is 1. The van der Waals surface area contributed by atoms with Crippen LogP contribution in [0.1, 0.15) is 36.1 Å². The Morgan fingerprint density at radius 3 is 2.16 bits per heavy atom. The molecule has 6 rings (SSSR count). The Hall–Kier alpha value is -4.10. The van der Waals surface area contributed by atoms with Crippen molar-refractivity contribution in [1.82, 2.24) is 15.3 Å². The Bertz CT molecular complexity index is 1340. The second-order valence-corrected chi connectivity index (χ2v) is 9.86. The second kappa shape index (κ2) is 10.1. The third kappa shape index (κ3) is 4.70. The van der Waals surface area contributed by atoms with Crippen LogP contribution in [0.4, 0.5) is 17.2 Å². The number of piperidine rings is 1. The lowest BCUT2D eigenvalue weighted by atomic mass is 9.93. The summed E-state index contributed by atoms with van der Waals surface area (Å²) in [4.78, 5) is 17.4. The van der Waals surface area contributed by atoms with E-state index in [0.29, 0.717) is 24.7 Å². The third-order valence-electron chi connectivity index (χ3n) is 7.30. The first kappa shape index (κ1) is 23.3. The summed E-state index contributed by atoms with van der Waals surface area (Å²) in [7, 11) is 0. The molecule has 0 saturated carbocycles. The number of rotatable bonds is 6. The lowest BCUT2D eigenvalue weighted by Crippen LogP contribution is -2.62. The number of nitrogens with zero attached hydrogens (tertiary/aromatic N) is 4. The lowest BCUT2D eigenvalue weighted by molar-refractivity contribution is 0.437. The molecule has 4 aromatic rings. The number of benzene rings is 3. The Morgan fingerprint density at radius 2 is 1.46 bits per heavy atom. The number of hydrogen-bond acceptors (Lipinski definition) is 6. The van der Waals surface area contributed by atoms with Crippen LogP contribution in [-0.4, -0.2) is 29.0 Å². The number of aromatic amines is 1. The number of guanidine groups is 1. The second-order valence-electron chi connectivity index (χ2n) is 9.86. The van der Waals surface area contributed by atoms with Crippen LogP contribution in [0, 0.1) is 0 Å². The first-order valence-corrected chi connectivity index (χ1v) is 13.1. The highest BCUT2D eigenvalue weighted by molar-refractivity contribution is 6.01. The molecule has 188 valence electrons. The van der Waals surface area contributed by atoms with Gasteiger partial charge in [0.2, 0.25) is 5.96 Å². The molecule has 1 saturated heterocycles. The molecule has 7 nitrogen and oxygen atoms in total. The molecular weight excluding hydrogens is 458 g/mol. The number of nitrogens with one attached hydrogen (secondary N) is 2. The summed E-state index contributed by atoms with van der Waals surface area (Å²) in [6.07, 6.45) is 6.07. The van der Waals surface area contributed by atoms with Crippen LogP contribution >= 0.6 is 0 Å². The van der Waals surface area contributed by atoms with Crippen molar-refractivity contribution in [3.8, 4) is 0 Å². The zero-order valence-electron chi connectivity index (χ0n) is 21.0. The standard InChI is InChI=1S/C30H33N7/c31-30(20-23-10-4-1-5-11-23)27-28(34-22-33-27)35-29(32-21-24-12-6-2-7-13-24)37(30)26-16-14-25(15-17-26)36-18-8-3-9-19-36/h1-2,4-7,10-17,22H,3,8-9,18-21,31H2,(H,32,35)(H,33,34). The Kier molecular flexibility index (Phi) is 6.37. The fourth-order valence-electron chi connectivity index (χ4n) is 5.42. The monoisotopic (exact) mass is 491 g/mol. The maximum absolute atomic E-state index is 7.38. The van der Waals surface area contributed by atoms with E-state index in [-0.39, 0.29) is 0 Å². The van der Waals surface area contributed by atoms with Crippen molar-refractivity contribution >= 4 is 23.2 Å². The maximum atomic E-state index is 7.38. The normalized spacial score (nSPS) is 19.3. The van der Waals surface area contributed by atoms with E-state index in [1.54, 1.807) is 6.33 Å². The fraction of sp³-hybridized carbons (Fsp3) is 0.267. The van der Waals surface area contributed by atoms with Crippen molar-refractivity contribution in [3.05, 3.63) is 108 Å². The van der Waals surface area contributed by atoms with Gasteiger partial charge in [0.05, 0.1) is 6.33 Å². The van der Waals surface area contributed by atoms with Crippen molar-refractivity contribution in [1.29, 1.82) is 0 Å². The van der Waals surface area contributed by atoms with E-state index >= 15 is 0 Å². The predicted molar refractivity (Wildman–Crippen MR) is 150 cm³/mol. The predicted octanol–water partition coefficient (Wildman–Crippen LogP) is 5.05. The molecule has 0 amide bonds. The van der Waals surface area contributed by atoms with Crippen molar-refractivity contribution in [2.75, 3.05) is 22.9 Å². The summed E-state index contributed by atoms with van der Waals surface area (Å²) < 4.78 is 0. The molecule has 1 atom stereocenters. The van der Waals surface area contributed by atoms with E-state index in [4.69, 9.17) is 10.7 Å². The Labute approximate surface area is 218 Å². The fourth-order valence-corrected chi connectivity index (χ4v) is 5.42. The highest BCUT2D eigenvalue weighted by Gasteiger charge is 2.45. The molecule has 4 N–H and O–H groups in total. The van der Waals surface area contributed by atoms with E-state index < -0.39 is 5.66 Å². The first-order chi connectivity index (χ1) is 18.2. The van der Waals surface area contributed by atoms with Gasteiger partial charge in [-0.2, -0.15) is 4.99 Å². The quantitative estimate of drug-likeness (QED) is 0.351. The minimum atomic E-state index is -0.940. The molecular formula is C30H33N7. The van der Waals surface area contributed by atoms with E-state index in [1.807, 2.05) is 36.4 Å². The molecule has 2 aliphatic heterocycles. The third-order valence-corrected chi connectivity index (χ3v) is 7.30. The molecule has 0 bridgehead atoms. The number of hydrogen-bond donors (Lipinski definition) is 3. The van der Waals surface area contributed by atoms with E-state index in [0.717, 1.165) is 30.0 Å². The van der Waals surface area contributed by atoms with E-state index in [9.17, 15) is 0 Å². The van der Waals surface area contributed by atoms with Gasteiger partial charge in [-0.05, 0) is 54.7 Å². The van der Waals surface area contributed by atoms with Crippen LogP contribution in [0.25, 0.3) is 0 Å². The molecule has 1 aromatic heterocycles. The topological polar surface area (TPSA) is 85.6 Å². The van der Waals surface area contributed by atoms with Crippen LogP contribution in [-0.2, 0) is 18.6 Å². The van der Waals surface area contributed by atoms with Crippen molar-refractivity contribution in [2.45, 2.75) is 37.9 Å². The highest BCUT2D eigenvalue weighted by atomic mass is 15.4. The average molecular weight is 492 g/mol. The van der Waals surface area contributed by atoms with E-state index in [2.05, 4.69) is 73.6 Å². The molecule has 0 spiro atoms. The van der Waals surface area contributed by atoms with Crippen LogP contribution in [0.2, 0.25) is 0 Å². The number of aromatic nitrogens is 2. The molecule has 0 aliphatic carbocycles. The molecule has 1 fully saturated rings.